The Bertz CT molecular complexity index is 1200. The van der Waals surface area contributed by atoms with E-state index < -0.39 is 6.04 Å². The SMILES string of the molecule is COc1ccc(CC2N=C(SCC(=O)c3ccccc3)N(CCc3ccccc3)C2=O)cc1OC. The molecule has 0 saturated carbocycles. The van der Waals surface area contributed by atoms with Crippen LogP contribution >= 0.6 is 11.8 Å². The minimum absolute atomic E-state index is 0.0112. The van der Waals surface area contributed by atoms with Crippen molar-refractivity contribution < 1.29 is 19.1 Å². The van der Waals surface area contributed by atoms with Crippen LogP contribution in [0, 0.1) is 0 Å². The molecule has 1 atom stereocenters. The monoisotopic (exact) mass is 488 g/mol. The lowest BCUT2D eigenvalue weighted by atomic mass is 10.1. The Morgan fingerprint density at radius 2 is 1.60 bits per heavy atom. The summed E-state index contributed by atoms with van der Waals surface area (Å²) in [6.07, 6.45) is 1.15. The number of amides is 1. The maximum atomic E-state index is 13.4. The molecule has 7 heteroatoms. The van der Waals surface area contributed by atoms with Gasteiger partial charge in [0.15, 0.2) is 22.4 Å². The Balaban J connectivity index is 1.50. The normalized spacial score (nSPS) is 15.1. The number of Topliss-reactive ketones (excluding diaryl/α,β-unsaturated/α-hetero) is 1. The molecule has 0 aliphatic carbocycles. The van der Waals surface area contributed by atoms with E-state index in [1.54, 1.807) is 31.3 Å². The number of rotatable bonds is 10. The largest absolute Gasteiger partial charge is 0.493 e. The predicted molar refractivity (Wildman–Crippen MR) is 140 cm³/mol. The summed E-state index contributed by atoms with van der Waals surface area (Å²) < 4.78 is 10.7. The summed E-state index contributed by atoms with van der Waals surface area (Å²) in [4.78, 5) is 32.5. The van der Waals surface area contributed by atoms with Crippen molar-refractivity contribution in [3.8, 4) is 11.5 Å². The topological polar surface area (TPSA) is 68.2 Å². The molecular weight excluding hydrogens is 460 g/mol. The average Bonchev–Trinajstić information content (AvgIpc) is 3.20. The Labute approximate surface area is 210 Å². The first-order valence-corrected chi connectivity index (χ1v) is 12.4. The quantitative estimate of drug-likeness (QED) is 0.388. The van der Waals surface area contributed by atoms with Gasteiger partial charge in [0.25, 0.3) is 5.91 Å². The van der Waals surface area contributed by atoms with E-state index in [1.165, 1.54) is 11.8 Å². The van der Waals surface area contributed by atoms with Gasteiger partial charge in [0.2, 0.25) is 0 Å². The van der Waals surface area contributed by atoms with Gasteiger partial charge in [-0.3, -0.25) is 14.5 Å². The zero-order chi connectivity index (χ0) is 24.6. The number of hydrogen-bond donors (Lipinski definition) is 0. The molecule has 0 fully saturated rings. The van der Waals surface area contributed by atoms with Crippen LogP contribution < -0.4 is 9.47 Å². The standard InChI is InChI=1S/C28H28N2O4S/c1-33-25-14-13-21(18-26(25)34-2)17-23-27(32)30(16-15-20-9-5-3-6-10-20)28(29-23)35-19-24(31)22-11-7-4-8-12-22/h3-14,18,23H,15-17,19H2,1-2H3. The lowest BCUT2D eigenvalue weighted by Gasteiger charge is -2.19. The number of ether oxygens (including phenoxy) is 2. The van der Waals surface area contributed by atoms with Gasteiger partial charge in [-0.1, -0.05) is 78.5 Å². The fourth-order valence-corrected chi connectivity index (χ4v) is 4.91. The number of carbonyl (C=O) groups is 2. The van der Waals surface area contributed by atoms with Gasteiger partial charge in [0, 0.05) is 18.5 Å². The highest BCUT2D eigenvalue weighted by atomic mass is 32.2. The highest BCUT2D eigenvalue weighted by Gasteiger charge is 2.35. The summed E-state index contributed by atoms with van der Waals surface area (Å²) in [5.74, 6) is 1.43. The lowest BCUT2D eigenvalue weighted by Crippen LogP contribution is -2.36. The lowest BCUT2D eigenvalue weighted by molar-refractivity contribution is -0.127. The van der Waals surface area contributed by atoms with Crippen LogP contribution in [0.5, 0.6) is 11.5 Å². The number of aliphatic imine (C=N–C) groups is 1. The van der Waals surface area contributed by atoms with Gasteiger partial charge in [-0.2, -0.15) is 0 Å². The zero-order valence-corrected chi connectivity index (χ0v) is 20.7. The molecule has 6 nitrogen and oxygen atoms in total. The Morgan fingerprint density at radius 1 is 0.914 bits per heavy atom. The second-order valence-corrected chi connectivity index (χ2v) is 9.07. The van der Waals surface area contributed by atoms with Gasteiger partial charge in [-0.15, -0.1) is 0 Å². The summed E-state index contributed by atoms with van der Waals surface area (Å²) >= 11 is 1.32. The molecular formula is C28H28N2O4S. The van der Waals surface area contributed by atoms with Gasteiger partial charge in [-0.25, -0.2) is 4.99 Å². The van der Waals surface area contributed by atoms with Gasteiger partial charge in [0.05, 0.1) is 20.0 Å². The van der Waals surface area contributed by atoms with Crippen LogP contribution in [0.15, 0.2) is 83.9 Å². The van der Waals surface area contributed by atoms with Gasteiger partial charge in [-0.05, 0) is 29.7 Å². The number of ketones is 1. The first kappa shape index (κ1) is 24.5. The number of methoxy groups -OCH3 is 2. The average molecular weight is 489 g/mol. The van der Waals surface area contributed by atoms with E-state index in [0.717, 1.165) is 11.1 Å². The fourth-order valence-electron chi connectivity index (χ4n) is 3.94. The third-order valence-electron chi connectivity index (χ3n) is 5.82. The molecule has 1 heterocycles. The van der Waals surface area contributed by atoms with Crippen LogP contribution in [0.25, 0.3) is 0 Å². The summed E-state index contributed by atoms with van der Waals surface area (Å²) in [6, 6.07) is 24.3. The van der Waals surface area contributed by atoms with Crippen molar-refractivity contribution in [2.45, 2.75) is 18.9 Å². The van der Waals surface area contributed by atoms with E-state index in [2.05, 4.69) is 0 Å². The summed E-state index contributed by atoms with van der Waals surface area (Å²) in [5.41, 5.74) is 2.73. The fraction of sp³-hybridized carbons (Fsp3) is 0.250. The second-order valence-electron chi connectivity index (χ2n) is 8.12. The van der Waals surface area contributed by atoms with E-state index >= 15 is 0 Å². The van der Waals surface area contributed by atoms with Crippen molar-refractivity contribution >= 4 is 28.6 Å². The van der Waals surface area contributed by atoms with Crippen molar-refractivity contribution in [3.05, 3.63) is 95.6 Å². The molecule has 0 aromatic heterocycles. The van der Waals surface area contributed by atoms with Crippen LogP contribution in [-0.4, -0.2) is 54.3 Å². The molecule has 1 aliphatic heterocycles. The van der Waals surface area contributed by atoms with Crippen molar-refractivity contribution in [3.63, 3.8) is 0 Å². The number of thioether (sulfide) groups is 1. The van der Waals surface area contributed by atoms with Crippen LogP contribution in [0.4, 0.5) is 0 Å². The van der Waals surface area contributed by atoms with Gasteiger partial charge < -0.3 is 9.47 Å². The zero-order valence-electron chi connectivity index (χ0n) is 19.8. The summed E-state index contributed by atoms with van der Waals surface area (Å²) in [6.45, 7) is 0.511. The Hall–Kier alpha value is -3.58. The smallest absolute Gasteiger partial charge is 0.253 e. The molecule has 1 unspecified atom stereocenters. The minimum atomic E-state index is -0.543. The van der Waals surface area contributed by atoms with Crippen molar-refractivity contribution in [2.75, 3.05) is 26.5 Å². The Kier molecular flexibility index (Phi) is 8.21. The molecule has 3 aromatic carbocycles. The molecule has 1 amide bonds. The highest BCUT2D eigenvalue weighted by Crippen LogP contribution is 2.30. The molecule has 0 bridgehead atoms. The van der Waals surface area contributed by atoms with Crippen LogP contribution in [0.2, 0.25) is 0 Å². The van der Waals surface area contributed by atoms with Crippen LogP contribution in [-0.2, 0) is 17.6 Å². The number of amidine groups is 1. The second kappa shape index (κ2) is 11.7. The van der Waals surface area contributed by atoms with E-state index in [1.807, 2.05) is 66.7 Å². The molecule has 0 spiro atoms. The number of nitrogens with zero attached hydrogens (tertiary/aromatic N) is 2. The summed E-state index contributed by atoms with van der Waals surface area (Å²) in [7, 11) is 3.18. The van der Waals surface area contributed by atoms with Gasteiger partial charge in [0.1, 0.15) is 6.04 Å². The molecule has 3 aromatic rings. The molecule has 180 valence electrons. The van der Waals surface area contributed by atoms with Crippen molar-refractivity contribution in [2.24, 2.45) is 4.99 Å². The minimum Gasteiger partial charge on any atom is -0.493 e. The molecule has 4 rings (SSSR count). The van der Waals surface area contributed by atoms with E-state index in [-0.39, 0.29) is 17.4 Å². The first-order chi connectivity index (χ1) is 17.1. The van der Waals surface area contributed by atoms with Crippen LogP contribution in [0.1, 0.15) is 21.5 Å². The molecule has 35 heavy (non-hydrogen) atoms. The summed E-state index contributed by atoms with van der Waals surface area (Å²) in [5, 5.41) is 0.598. The molecule has 1 aliphatic rings. The Morgan fingerprint density at radius 3 is 2.29 bits per heavy atom. The van der Waals surface area contributed by atoms with Gasteiger partial charge >= 0.3 is 0 Å². The third kappa shape index (κ3) is 6.11. The van der Waals surface area contributed by atoms with E-state index in [4.69, 9.17) is 14.5 Å². The first-order valence-electron chi connectivity index (χ1n) is 11.4. The van der Waals surface area contributed by atoms with Crippen LogP contribution in [0.3, 0.4) is 0 Å². The number of hydrogen-bond acceptors (Lipinski definition) is 6. The van der Waals surface area contributed by atoms with Crippen molar-refractivity contribution in [1.82, 2.24) is 4.90 Å². The highest BCUT2D eigenvalue weighted by molar-refractivity contribution is 8.14. The maximum absolute atomic E-state index is 13.4. The molecule has 0 N–H and O–H groups in total. The molecule has 0 saturated heterocycles. The third-order valence-corrected chi connectivity index (χ3v) is 6.81. The maximum Gasteiger partial charge on any atom is 0.253 e. The predicted octanol–water partition coefficient (Wildman–Crippen LogP) is 4.67. The number of benzene rings is 3. The number of carbonyl (C=O) groups excluding carboxylic acids is 2. The van der Waals surface area contributed by atoms with Crippen molar-refractivity contribution in [1.29, 1.82) is 0 Å². The molecule has 0 radical (unpaired) electrons. The van der Waals surface area contributed by atoms with E-state index in [9.17, 15) is 9.59 Å². The van der Waals surface area contributed by atoms with E-state index in [0.29, 0.717) is 41.6 Å².